The van der Waals surface area contributed by atoms with Crippen LogP contribution in [-0.4, -0.2) is 61.3 Å². The summed E-state index contributed by atoms with van der Waals surface area (Å²) in [5.74, 6) is 0.712. The molecule has 0 aromatic carbocycles. The van der Waals surface area contributed by atoms with Crippen molar-refractivity contribution in [1.29, 1.82) is 0 Å². The first kappa shape index (κ1) is 20.4. The molecule has 3 aliphatic rings. The van der Waals surface area contributed by atoms with E-state index in [1.54, 1.807) is 0 Å². The number of amides is 3. The van der Waals surface area contributed by atoms with Gasteiger partial charge in [-0.25, -0.2) is 0 Å². The van der Waals surface area contributed by atoms with Gasteiger partial charge in [-0.05, 0) is 31.6 Å². The molecule has 0 aromatic rings. The summed E-state index contributed by atoms with van der Waals surface area (Å²) in [5.41, 5.74) is 0. The van der Waals surface area contributed by atoms with E-state index in [0.29, 0.717) is 45.1 Å². The minimum absolute atomic E-state index is 0.00973. The Labute approximate surface area is 166 Å². The van der Waals surface area contributed by atoms with E-state index in [2.05, 4.69) is 33.1 Å². The quantitative estimate of drug-likeness (QED) is 0.227. The van der Waals surface area contributed by atoms with Gasteiger partial charge in [0.1, 0.15) is 0 Å². The van der Waals surface area contributed by atoms with Gasteiger partial charge in [0.25, 0.3) is 0 Å². The highest BCUT2D eigenvalue weighted by Gasteiger charge is 2.58. The van der Waals surface area contributed by atoms with Crippen LogP contribution in [0, 0.1) is 23.7 Å². The van der Waals surface area contributed by atoms with Crippen molar-refractivity contribution in [2.24, 2.45) is 28.7 Å². The zero-order chi connectivity index (χ0) is 20.1. The second-order valence-corrected chi connectivity index (χ2v) is 7.62. The lowest BCUT2D eigenvalue weighted by molar-refractivity contribution is -0.140. The van der Waals surface area contributed by atoms with Gasteiger partial charge in [-0.3, -0.25) is 24.3 Å². The number of guanidine groups is 1. The first-order valence-electron chi connectivity index (χ1n) is 10.4. The average Bonchev–Trinajstić information content (AvgIpc) is 3.35. The van der Waals surface area contributed by atoms with Crippen molar-refractivity contribution in [2.75, 3.05) is 32.7 Å². The maximum atomic E-state index is 12.7. The minimum atomic E-state index is -0.147. The smallest absolute Gasteiger partial charge is 0.233 e. The molecule has 3 rings (SSSR count). The monoisotopic (exact) mass is 389 g/mol. The summed E-state index contributed by atoms with van der Waals surface area (Å²) >= 11 is 0. The number of aliphatic imine (C=N–C) groups is 1. The lowest BCUT2D eigenvalue weighted by Crippen LogP contribution is -2.43. The number of carbonyl (C=O) groups excluding carboxylic acids is 3. The van der Waals surface area contributed by atoms with E-state index in [4.69, 9.17) is 0 Å². The minimum Gasteiger partial charge on any atom is -0.357 e. The Hall–Kier alpha value is -2.38. The van der Waals surface area contributed by atoms with Crippen LogP contribution in [0.3, 0.4) is 0 Å². The first-order chi connectivity index (χ1) is 13.6. The summed E-state index contributed by atoms with van der Waals surface area (Å²) in [6.07, 6.45) is 6.39. The summed E-state index contributed by atoms with van der Waals surface area (Å²) in [6, 6.07) is 0. The molecule has 1 saturated carbocycles. The Morgan fingerprint density at radius 2 is 1.75 bits per heavy atom. The molecule has 8 heteroatoms. The molecule has 28 heavy (non-hydrogen) atoms. The van der Waals surface area contributed by atoms with Crippen molar-refractivity contribution in [3.63, 3.8) is 0 Å². The highest BCUT2D eigenvalue weighted by Crippen LogP contribution is 2.52. The van der Waals surface area contributed by atoms with Crippen molar-refractivity contribution < 1.29 is 14.4 Å². The fraction of sp³-hybridized carbons (Fsp3) is 0.700. The van der Waals surface area contributed by atoms with Crippen LogP contribution in [0.1, 0.15) is 33.1 Å². The van der Waals surface area contributed by atoms with E-state index in [9.17, 15) is 14.4 Å². The fourth-order valence-electron chi connectivity index (χ4n) is 4.43. The van der Waals surface area contributed by atoms with Gasteiger partial charge in [0.15, 0.2) is 5.96 Å². The summed E-state index contributed by atoms with van der Waals surface area (Å²) in [4.78, 5) is 42.8. The van der Waals surface area contributed by atoms with Crippen molar-refractivity contribution in [3.05, 3.63) is 12.2 Å². The number of nitrogens with one attached hydrogen (secondary N) is 3. The number of nitrogens with zero attached hydrogens (tertiary/aromatic N) is 2. The molecule has 8 nitrogen and oxygen atoms in total. The maximum absolute atomic E-state index is 12.7. The van der Waals surface area contributed by atoms with Crippen molar-refractivity contribution in [1.82, 2.24) is 20.9 Å². The number of likely N-dealkylation sites (tertiary alicyclic amines) is 1. The van der Waals surface area contributed by atoms with Crippen LogP contribution in [0.25, 0.3) is 0 Å². The molecule has 1 heterocycles. The zero-order valence-corrected chi connectivity index (χ0v) is 16.7. The highest BCUT2D eigenvalue weighted by atomic mass is 16.2. The van der Waals surface area contributed by atoms with Gasteiger partial charge in [-0.2, -0.15) is 0 Å². The van der Waals surface area contributed by atoms with Crippen LogP contribution >= 0.6 is 0 Å². The molecule has 154 valence electrons. The lowest BCUT2D eigenvalue weighted by Gasteiger charge is -2.18. The number of imide groups is 1. The molecule has 0 radical (unpaired) electrons. The second kappa shape index (κ2) is 9.21. The van der Waals surface area contributed by atoms with Crippen LogP contribution in [0.15, 0.2) is 17.1 Å². The van der Waals surface area contributed by atoms with Gasteiger partial charge in [0, 0.05) is 32.6 Å². The van der Waals surface area contributed by atoms with Crippen molar-refractivity contribution >= 4 is 23.7 Å². The van der Waals surface area contributed by atoms with Crippen LogP contribution in [-0.2, 0) is 14.4 Å². The summed E-state index contributed by atoms with van der Waals surface area (Å²) in [6.45, 7) is 6.50. The number of hydrogen-bond acceptors (Lipinski definition) is 4. The Balaban J connectivity index is 1.46. The topological polar surface area (TPSA) is 103 Å². The maximum Gasteiger partial charge on any atom is 0.233 e. The molecule has 1 aliphatic heterocycles. The first-order valence-corrected chi connectivity index (χ1v) is 10.4. The molecule has 3 N–H and O–H groups in total. The Morgan fingerprint density at radius 3 is 2.36 bits per heavy atom. The molecule has 1 saturated heterocycles. The third-order valence-corrected chi connectivity index (χ3v) is 5.71. The van der Waals surface area contributed by atoms with Gasteiger partial charge in [-0.1, -0.05) is 19.1 Å². The molecule has 3 amide bonds. The Kier molecular flexibility index (Phi) is 6.70. The SMILES string of the molecule is CCCNC(=O)CCN=C(NCC)NCCN1C(=O)C2C3C=CC(C3)C2C1=O. The number of hydrogen-bond donors (Lipinski definition) is 3. The molecule has 2 bridgehead atoms. The number of carbonyl (C=O) groups is 3. The Morgan fingerprint density at radius 1 is 1.07 bits per heavy atom. The molecule has 2 aliphatic carbocycles. The number of rotatable bonds is 9. The molecular formula is C20H31N5O3. The third-order valence-electron chi connectivity index (χ3n) is 5.71. The van der Waals surface area contributed by atoms with E-state index in [-0.39, 0.29) is 41.4 Å². The van der Waals surface area contributed by atoms with Gasteiger partial charge in [-0.15, -0.1) is 0 Å². The molecule has 4 unspecified atom stereocenters. The van der Waals surface area contributed by atoms with E-state index < -0.39 is 0 Å². The van der Waals surface area contributed by atoms with E-state index >= 15 is 0 Å². The van der Waals surface area contributed by atoms with E-state index in [0.717, 1.165) is 12.8 Å². The van der Waals surface area contributed by atoms with Gasteiger partial charge < -0.3 is 16.0 Å². The summed E-state index contributed by atoms with van der Waals surface area (Å²) in [7, 11) is 0. The van der Waals surface area contributed by atoms with E-state index in [1.165, 1.54) is 4.90 Å². The van der Waals surface area contributed by atoms with Gasteiger partial charge in [0.05, 0.1) is 18.4 Å². The van der Waals surface area contributed by atoms with Gasteiger partial charge >= 0.3 is 0 Å². The normalized spacial score (nSPS) is 28.1. The van der Waals surface area contributed by atoms with Crippen molar-refractivity contribution in [3.8, 4) is 0 Å². The summed E-state index contributed by atoms with van der Waals surface area (Å²) < 4.78 is 0. The predicted molar refractivity (Wildman–Crippen MR) is 106 cm³/mol. The van der Waals surface area contributed by atoms with Crippen molar-refractivity contribution in [2.45, 2.75) is 33.1 Å². The molecule has 4 atom stereocenters. The highest BCUT2D eigenvalue weighted by molar-refractivity contribution is 6.06. The summed E-state index contributed by atoms with van der Waals surface area (Å²) in [5, 5.41) is 9.10. The lowest BCUT2D eigenvalue weighted by atomic mass is 9.85. The second-order valence-electron chi connectivity index (χ2n) is 7.62. The van der Waals surface area contributed by atoms with Crippen LogP contribution in [0.5, 0.6) is 0 Å². The standard InChI is InChI=1S/C20H31N5O3/c1-3-8-22-15(26)7-9-23-20(21-4-2)24-10-11-25-18(27)16-13-5-6-14(12-13)17(16)19(25)28/h5-6,13-14,16-17H,3-4,7-12H2,1-2H3,(H,22,26)(H2,21,23,24). The molecular weight excluding hydrogens is 358 g/mol. The van der Waals surface area contributed by atoms with Crippen LogP contribution < -0.4 is 16.0 Å². The predicted octanol–water partition coefficient (Wildman–Crippen LogP) is 0.265. The average molecular weight is 390 g/mol. The van der Waals surface area contributed by atoms with Gasteiger partial charge in [0.2, 0.25) is 17.7 Å². The largest absolute Gasteiger partial charge is 0.357 e. The fourth-order valence-corrected chi connectivity index (χ4v) is 4.43. The zero-order valence-electron chi connectivity index (χ0n) is 16.7. The third kappa shape index (κ3) is 4.20. The van der Waals surface area contributed by atoms with Crippen LogP contribution in [0.2, 0.25) is 0 Å². The molecule has 0 aromatic heterocycles. The van der Waals surface area contributed by atoms with Crippen LogP contribution in [0.4, 0.5) is 0 Å². The molecule has 2 fully saturated rings. The van der Waals surface area contributed by atoms with E-state index in [1.807, 2.05) is 13.8 Å². The Bertz CT molecular complexity index is 645. The number of allylic oxidation sites excluding steroid dienone is 2. The number of fused-ring (bicyclic) bond motifs is 5. The molecule has 0 spiro atoms.